The van der Waals surface area contributed by atoms with Crippen LogP contribution >= 0.6 is 0 Å². The van der Waals surface area contributed by atoms with Crippen LogP contribution < -0.4 is 5.32 Å². The third kappa shape index (κ3) is 5.11. The minimum absolute atomic E-state index is 0.0122. The molecule has 2 aromatic carbocycles. The maximum atomic E-state index is 13.3. The number of nitriles is 1. The van der Waals surface area contributed by atoms with E-state index in [0.717, 1.165) is 53.5 Å². The second kappa shape index (κ2) is 9.66. The van der Waals surface area contributed by atoms with Crippen LogP contribution in [-0.4, -0.2) is 46.4 Å². The summed E-state index contributed by atoms with van der Waals surface area (Å²) < 4.78 is 5.58. The first-order valence-corrected chi connectivity index (χ1v) is 13.1. The Bertz CT molecular complexity index is 1270. The van der Waals surface area contributed by atoms with E-state index in [1.165, 1.54) is 0 Å². The lowest BCUT2D eigenvalue weighted by molar-refractivity contribution is -0.128. The zero-order chi connectivity index (χ0) is 26.3. The number of nitrogens with zero attached hydrogens (tertiary/aromatic N) is 2. The molecule has 4 atom stereocenters. The second-order valence-corrected chi connectivity index (χ2v) is 11.4. The normalized spacial score (nSPS) is 22.9. The van der Waals surface area contributed by atoms with Crippen molar-refractivity contribution in [2.24, 2.45) is 5.92 Å². The van der Waals surface area contributed by atoms with E-state index in [1.807, 2.05) is 63.2 Å². The molecule has 2 aliphatic carbocycles. The van der Waals surface area contributed by atoms with E-state index in [0.29, 0.717) is 12.8 Å². The molecule has 2 bridgehead atoms. The number of likely N-dealkylation sites (tertiary alicyclic amines) is 1. The number of aryl methyl sites for hydroxylation is 1. The molecule has 5 rings (SSSR count). The Balaban J connectivity index is 1.25. The highest BCUT2D eigenvalue weighted by Gasteiger charge is 2.52. The number of Topliss-reactive ketones (excluding diaryl/α,β-unsaturated/α-hetero) is 1. The zero-order valence-corrected chi connectivity index (χ0v) is 21.6. The van der Waals surface area contributed by atoms with Crippen LogP contribution in [0.4, 0.5) is 4.79 Å². The predicted molar refractivity (Wildman–Crippen MR) is 139 cm³/mol. The molecule has 0 unspecified atom stereocenters. The van der Waals surface area contributed by atoms with Gasteiger partial charge in [-0.2, -0.15) is 5.26 Å². The first-order valence-electron chi connectivity index (χ1n) is 13.1. The van der Waals surface area contributed by atoms with Crippen molar-refractivity contribution in [2.45, 2.75) is 83.0 Å². The summed E-state index contributed by atoms with van der Waals surface area (Å²) in [6.07, 6.45) is 3.86. The van der Waals surface area contributed by atoms with Crippen molar-refractivity contribution in [1.29, 1.82) is 5.26 Å². The zero-order valence-electron chi connectivity index (χ0n) is 21.6. The van der Waals surface area contributed by atoms with Crippen LogP contribution in [0, 0.1) is 17.2 Å². The van der Waals surface area contributed by atoms with Gasteiger partial charge in [0.05, 0.1) is 6.07 Å². The number of piperidine rings is 1. The average Bonchev–Trinajstić information content (AvgIpc) is 3.58. The standard InChI is InChI=1S/C30H33N3O4/c1-30(2,3)37-29(36)33-24-12-10-22(15-24)27(33)28(35)32-23(17-31)14-18-4-6-19(7-5-18)21-9-8-20-11-13-26(34)25(20)16-21/h4-9,16,22-24,27H,10-15H2,1-3H3,(H,32,35)/t22-,23-,24+,27-/m0/s1. The molecule has 0 spiro atoms. The Labute approximate surface area is 217 Å². The minimum atomic E-state index is -0.712. The van der Waals surface area contributed by atoms with Gasteiger partial charge in [-0.15, -0.1) is 0 Å². The van der Waals surface area contributed by atoms with E-state index in [1.54, 1.807) is 4.90 Å². The Morgan fingerprint density at radius 3 is 2.54 bits per heavy atom. The smallest absolute Gasteiger partial charge is 0.411 e. The molecule has 37 heavy (non-hydrogen) atoms. The van der Waals surface area contributed by atoms with Gasteiger partial charge in [-0.1, -0.05) is 36.4 Å². The highest BCUT2D eigenvalue weighted by Crippen LogP contribution is 2.43. The van der Waals surface area contributed by atoms with E-state index in [-0.39, 0.29) is 23.7 Å². The van der Waals surface area contributed by atoms with Crippen LogP contribution in [-0.2, 0) is 22.4 Å². The van der Waals surface area contributed by atoms with Crippen LogP contribution in [0.1, 0.15) is 67.9 Å². The number of ketones is 1. The Hall–Kier alpha value is -3.66. The van der Waals surface area contributed by atoms with E-state index >= 15 is 0 Å². The Morgan fingerprint density at radius 2 is 1.84 bits per heavy atom. The van der Waals surface area contributed by atoms with Crippen LogP contribution in [0.2, 0.25) is 0 Å². The predicted octanol–water partition coefficient (Wildman–Crippen LogP) is 4.82. The summed E-state index contributed by atoms with van der Waals surface area (Å²) in [4.78, 5) is 39.9. The van der Waals surface area contributed by atoms with Gasteiger partial charge in [0, 0.05) is 24.4 Å². The highest BCUT2D eigenvalue weighted by atomic mass is 16.6. The van der Waals surface area contributed by atoms with Gasteiger partial charge < -0.3 is 10.1 Å². The summed E-state index contributed by atoms with van der Waals surface area (Å²) in [5.74, 6) is 0.00109. The lowest BCUT2D eigenvalue weighted by Gasteiger charge is -2.35. The molecule has 1 saturated heterocycles. The molecule has 7 heteroatoms. The Kier molecular flexibility index (Phi) is 6.53. The quantitative estimate of drug-likeness (QED) is 0.636. The number of nitrogens with one attached hydrogen (secondary N) is 1. The molecular formula is C30H33N3O4. The third-order valence-electron chi connectivity index (χ3n) is 7.69. The van der Waals surface area contributed by atoms with Crippen molar-refractivity contribution in [3.8, 4) is 17.2 Å². The van der Waals surface area contributed by atoms with Crippen LogP contribution in [0.15, 0.2) is 42.5 Å². The van der Waals surface area contributed by atoms with Gasteiger partial charge in [0.2, 0.25) is 5.91 Å². The molecular weight excluding hydrogens is 466 g/mol. The third-order valence-corrected chi connectivity index (χ3v) is 7.69. The molecule has 2 aromatic rings. The van der Waals surface area contributed by atoms with E-state index in [9.17, 15) is 19.6 Å². The lowest BCUT2D eigenvalue weighted by atomic mass is 9.96. The number of carbonyl (C=O) groups is 3. The molecule has 1 saturated carbocycles. The fraction of sp³-hybridized carbons (Fsp3) is 0.467. The van der Waals surface area contributed by atoms with Crippen molar-refractivity contribution < 1.29 is 19.1 Å². The molecule has 0 aromatic heterocycles. The summed E-state index contributed by atoms with van der Waals surface area (Å²) in [6, 6.07) is 14.8. The average molecular weight is 500 g/mol. The minimum Gasteiger partial charge on any atom is -0.444 e. The maximum absolute atomic E-state index is 13.3. The summed E-state index contributed by atoms with van der Waals surface area (Å²) >= 11 is 0. The fourth-order valence-electron chi connectivity index (χ4n) is 5.97. The number of carbonyl (C=O) groups excluding carboxylic acids is 3. The fourth-order valence-corrected chi connectivity index (χ4v) is 5.97. The molecule has 7 nitrogen and oxygen atoms in total. The summed E-state index contributed by atoms with van der Waals surface area (Å²) in [5, 5.41) is 12.7. The number of ether oxygens (including phenoxy) is 1. The Morgan fingerprint density at radius 1 is 1.11 bits per heavy atom. The molecule has 1 aliphatic heterocycles. The number of fused-ring (bicyclic) bond motifs is 3. The van der Waals surface area contributed by atoms with Crippen molar-refractivity contribution in [2.75, 3.05) is 0 Å². The van der Waals surface area contributed by atoms with Gasteiger partial charge in [0.1, 0.15) is 17.7 Å². The highest BCUT2D eigenvalue weighted by molar-refractivity contribution is 6.01. The van der Waals surface area contributed by atoms with Crippen molar-refractivity contribution in [3.63, 3.8) is 0 Å². The van der Waals surface area contributed by atoms with Gasteiger partial charge in [-0.3, -0.25) is 14.5 Å². The van der Waals surface area contributed by atoms with Gasteiger partial charge in [0.15, 0.2) is 5.78 Å². The molecule has 0 radical (unpaired) electrons. The molecule has 192 valence electrons. The van der Waals surface area contributed by atoms with E-state index in [4.69, 9.17) is 4.74 Å². The first kappa shape index (κ1) is 25.0. The monoisotopic (exact) mass is 499 g/mol. The number of hydrogen-bond donors (Lipinski definition) is 1. The van der Waals surface area contributed by atoms with Gasteiger partial charge in [-0.25, -0.2) is 4.79 Å². The molecule has 1 heterocycles. The number of amides is 2. The van der Waals surface area contributed by atoms with Crippen LogP contribution in [0.3, 0.4) is 0 Å². The van der Waals surface area contributed by atoms with Gasteiger partial charge >= 0.3 is 6.09 Å². The largest absolute Gasteiger partial charge is 0.444 e. The number of benzene rings is 2. The SMILES string of the molecule is CC(C)(C)OC(=O)N1[C@@H]2CC[C@@H](C2)[C@H]1C(=O)N[C@H](C#N)Cc1ccc(-c2ccc3c(c2)C(=O)CC3)cc1. The van der Waals surface area contributed by atoms with E-state index < -0.39 is 23.8 Å². The molecule has 2 fully saturated rings. The second-order valence-electron chi connectivity index (χ2n) is 11.4. The van der Waals surface area contributed by atoms with Crippen molar-refractivity contribution in [1.82, 2.24) is 10.2 Å². The van der Waals surface area contributed by atoms with Crippen LogP contribution in [0.5, 0.6) is 0 Å². The van der Waals surface area contributed by atoms with Crippen molar-refractivity contribution in [3.05, 3.63) is 59.2 Å². The molecule has 2 amide bonds. The topological polar surface area (TPSA) is 99.5 Å². The van der Waals surface area contributed by atoms with Crippen LogP contribution in [0.25, 0.3) is 11.1 Å². The van der Waals surface area contributed by atoms with Gasteiger partial charge in [-0.05, 0) is 80.7 Å². The van der Waals surface area contributed by atoms with Gasteiger partial charge in [0.25, 0.3) is 0 Å². The number of hydrogen-bond acceptors (Lipinski definition) is 5. The maximum Gasteiger partial charge on any atom is 0.411 e. The van der Waals surface area contributed by atoms with Crippen molar-refractivity contribution >= 4 is 17.8 Å². The van der Waals surface area contributed by atoms with E-state index in [2.05, 4.69) is 11.4 Å². The number of rotatable bonds is 5. The first-order chi connectivity index (χ1) is 17.6. The summed E-state index contributed by atoms with van der Waals surface area (Å²) in [7, 11) is 0. The molecule has 1 N–H and O–H groups in total. The molecule has 3 aliphatic rings. The summed E-state index contributed by atoms with van der Waals surface area (Å²) in [5.41, 5.74) is 4.19. The summed E-state index contributed by atoms with van der Waals surface area (Å²) in [6.45, 7) is 5.44. The lowest BCUT2D eigenvalue weighted by Crippen LogP contribution is -2.55.